The summed E-state index contributed by atoms with van der Waals surface area (Å²) >= 11 is 7.26. The van der Waals surface area contributed by atoms with E-state index in [-0.39, 0.29) is 11.7 Å². The number of thioether (sulfide) groups is 1. The fourth-order valence-corrected chi connectivity index (χ4v) is 2.25. The van der Waals surface area contributed by atoms with Crippen LogP contribution >= 0.6 is 23.4 Å². The van der Waals surface area contributed by atoms with E-state index in [1.165, 1.54) is 11.8 Å². The van der Waals surface area contributed by atoms with Gasteiger partial charge in [0.2, 0.25) is 11.9 Å². The van der Waals surface area contributed by atoms with Crippen molar-refractivity contribution in [3.63, 3.8) is 0 Å². The SMILES string of the molecule is Nc1ccc(SCC(=O)Nc2ncccn2)cc1Cl. The van der Waals surface area contributed by atoms with Gasteiger partial charge in [-0.3, -0.25) is 10.1 Å². The van der Waals surface area contributed by atoms with Crippen LogP contribution in [0.5, 0.6) is 0 Å². The molecular formula is C12H11ClN4OS. The molecular weight excluding hydrogens is 284 g/mol. The van der Waals surface area contributed by atoms with Crippen molar-refractivity contribution in [2.24, 2.45) is 0 Å². The number of hydrogen-bond donors (Lipinski definition) is 2. The van der Waals surface area contributed by atoms with Crippen molar-refractivity contribution >= 4 is 40.9 Å². The topological polar surface area (TPSA) is 80.9 Å². The normalized spacial score (nSPS) is 10.2. The summed E-state index contributed by atoms with van der Waals surface area (Å²) < 4.78 is 0. The molecule has 98 valence electrons. The molecule has 0 aliphatic carbocycles. The summed E-state index contributed by atoms with van der Waals surface area (Å²) in [7, 11) is 0. The summed E-state index contributed by atoms with van der Waals surface area (Å²) in [5, 5.41) is 3.08. The van der Waals surface area contributed by atoms with E-state index in [1.807, 2.05) is 6.07 Å². The average molecular weight is 295 g/mol. The molecule has 0 bridgehead atoms. The highest BCUT2D eigenvalue weighted by atomic mass is 35.5. The van der Waals surface area contributed by atoms with Gasteiger partial charge in [0.05, 0.1) is 16.5 Å². The van der Waals surface area contributed by atoms with Crippen molar-refractivity contribution in [1.29, 1.82) is 0 Å². The molecule has 0 saturated carbocycles. The van der Waals surface area contributed by atoms with Gasteiger partial charge in [-0.15, -0.1) is 11.8 Å². The molecule has 0 fully saturated rings. The van der Waals surface area contributed by atoms with Crippen LogP contribution in [0, 0.1) is 0 Å². The Kier molecular flexibility index (Phi) is 4.59. The van der Waals surface area contributed by atoms with Crippen LogP contribution in [0.2, 0.25) is 5.02 Å². The quantitative estimate of drug-likeness (QED) is 0.669. The number of aromatic nitrogens is 2. The van der Waals surface area contributed by atoms with Gasteiger partial charge >= 0.3 is 0 Å². The minimum absolute atomic E-state index is 0.177. The molecule has 7 heteroatoms. The van der Waals surface area contributed by atoms with E-state index in [0.717, 1.165) is 4.90 Å². The lowest BCUT2D eigenvalue weighted by atomic mass is 10.3. The van der Waals surface area contributed by atoms with E-state index >= 15 is 0 Å². The fraction of sp³-hybridized carbons (Fsp3) is 0.0833. The number of rotatable bonds is 4. The van der Waals surface area contributed by atoms with E-state index in [2.05, 4.69) is 15.3 Å². The highest BCUT2D eigenvalue weighted by molar-refractivity contribution is 8.00. The van der Waals surface area contributed by atoms with E-state index < -0.39 is 0 Å². The van der Waals surface area contributed by atoms with Crippen molar-refractivity contribution in [3.8, 4) is 0 Å². The molecule has 1 amide bonds. The van der Waals surface area contributed by atoms with E-state index in [0.29, 0.717) is 16.7 Å². The van der Waals surface area contributed by atoms with Gasteiger partial charge in [0.1, 0.15) is 0 Å². The van der Waals surface area contributed by atoms with Crippen LogP contribution < -0.4 is 11.1 Å². The monoisotopic (exact) mass is 294 g/mol. The zero-order valence-corrected chi connectivity index (χ0v) is 11.4. The number of carbonyl (C=O) groups excluding carboxylic acids is 1. The molecule has 0 unspecified atom stereocenters. The Morgan fingerprint density at radius 3 is 2.79 bits per heavy atom. The maximum atomic E-state index is 11.7. The third-order valence-corrected chi connectivity index (χ3v) is 3.48. The van der Waals surface area contributed by atoms with Crippen LogP contribution in [-0.2, 0) is 4.79 Å². The maximum absolute atomic E-state index is 11.7. The van der Waals surface area contributed by atoms with Gasteiger partial charge in [-0.25, -0.2) is 9.97 Å². The summed E-state index contributed by atoms with van der Waals surface area (Å²) in [6.07, 6.45) is 3.13. The molecule has 2 aromatic rings. The van der Waals surface area contributed by atoms with Crippen molar-refractivity contribution in [3.05, 3.63) is 41.7 Å². The zero-order chi connectivity index (χ0) is 13.7. The summed E-state index contributed by atoms with van der Waals surface area (Å²) in [6, 6.07) is 6.94. The molecule has 1 heterocycles. The van der Waals surface area contributed by atoms with Gasteiger partial charge in [-0.1, -0.05) is 11.6 Å². The number of hydrogen-bond acceptors (Lipinski definition) is 5. The van der Waals surface area contributed by atoms with E-state index in [4.69, 9.17) is 17.3 Å². The smallest absolute Gasteiger partial charge is 0.237 e. The number of anilines is 2. The Labute approximate surface area is 119 Å². The zero-order valence-electron chi connectivity index (χ0n) is 9.84. The summed E-state index contributed by atoms with van der Waals surface area (Å²) in [5.74, 6) is 0.367. The summed E-state index contributed by atoms with van der Waals surface area (Å²) in [4.78, 5) is 20.4. The second-order valence-corrected chi connectivity index (χ2v) is 5.05. The second kappa shape index (κ2) is 6.40. The van der Waals surface area contributed by atoms with Crippen LogP contribution in [0.3, 0.4) is 0 Å². The molecule has 0 atom stereocenters. The molecule has 1 aromatic carbocycles. The Balaban J connectivity index is 1.88. The van der Waals surface area contributed by atoms with E-state index in [1.54, 1.807) is 30.6 Å². The third kappa shape index (κ3) is 4.11. The first-order valence-corrected chi connectivity index (χ1v) is 6.76. The average Bonchev–Trinajstić information content (AvgIpc) is 2.41. The Bertz CT molecular complexity index is 579. The van der Waals surface area contributed by atoms with Gasteiger partial charge in [-0.2, -0.15) is 0 Å². The van der Waals surface area contributed by atoms with Crippen LogP contribution in [0.15, 0.2) is 41.6 Å². The molecule has 0 saturated heterocycles. The third-order valence-electron chi connectivity index (χ3n) is 2.16. The molecule has 19 heavy (non-hydrogen) atoms. The number of nitrogens with two attached hydrogens (primary N) is 1. The van der Waals surface area contributed by atoms with Crippen LogP contribution in [0.1, 0.15) is 0 Å². The van der Waals surface area contributed by atoms with Gasteiger partial charge in [0.25, 0.3) is 0 Å². The molecule has 0 aliphatic rings. The first-order valence-electron chi connectivity index (χ1n) is 5.40. The van der Waals surface area contributed by atoms with Gasteiger partial charge in [0.15, 0.2) is 0 Å². The predicted molar refractivity (Wildman–Crippen MR) is 77.3 cm³/mol. The summed E-state index contributed by atoms with van der Waals surface area (Å²) in [5.41, 5.74) is 6.13. The number of benzene rings is 1. The molecule has 2 rings (SSSR count). The number of nitrogen functional groups attached to an aromatic ring is 1. The van der Waals surface area contributed by atoms with E-state index in [9.17, 15) is 4.79 Å². The maximum Gasteiger partial charge on any atom is 0.237 e. The van der Waals surface area contributed by atoms with Crippen LogP contribution in [0.25, 0.3) is 0 Å². The lowest BCUT2D eigenvalue weighted by molar-refractivity contribution is -0.113. The highest BCUT2D eigenvalue weighted by Gasteiger charge is 2.06. The van der Waals surface area contributed by atoms with Crippen molar-refractivity contribution in [2.75, 3.05) is 16.8 Å². The van der Waals surface area contributed by atoms with Crippen LogP contribution in [-0.4, -0.2) is 21.6 Å². The molecule has 1 aromatic heterocycles. The lowest BCUT2D eigenvalue weighted by Crippen LogP contribution is -2.15. The fourth-order valence-electron chi connectivity index (χ4n) is 1.27. The minimum atomic E-state index is -0.177. The number of carbonyl (C=O) groups is 1. The molecule has 0 spiro atoms. The first-order chi connectivity index (χ1) is 9.15. The summed E-state index contributed by atoms with van der Waals surface area (Å²) in [6.45, 7) is 0. The van der Waals surface area contributed by atoms with Crippen LogP contribution in [0.4, 0.5) is 11.6 Å². The standard InChI is InChI=1S/C12H11ClN4OS/c13-9-6-8(2-3-10(9)14)19-7-11(18)17-12-15-4-1-5-16-12/h1-6H,7,14H2,(H,15,16,17,18). The largest absolute Gasteiger partial charge is 0.398 e. The first kappa shape index (κ1) is 13.6. The van der Waals surface area contributed by atoms with Gasteiger partial charge in [-0.05, 0) is 24.3 Å². The Morgan fingerprint density at radius 1 is 1.37 bits per heavy atom. The number of nitrogens with zero attached hydrogens (tertiary/aromatic N) is 2. The Morgan fingerprint density at radius 2 is 2.11 bits per heavy atom. The predicted octanol–water partition coefficient (Wildman–Crippen LogP) is 2.44. The number of halogens is 1. The second-order valence-electron chi connectivity index (χ2n) is 3.59. The van der Waals surface area contributed by atoms with Crippen molar-refractivity contribution in [2.45, 2.75) is 4.90 Å². The Hall–Kier alpha value is -1.79. The number of nitrogens with one attached hydrogen (secondary N) is 1. The minimum Gasteiger partial charge on any atom is -0.398 e. The van der Waals surface area contributed by atoms with Gasteiger partial charge < -0.3 is 5.73 Å². The van der Waals surface area contributed by atoms with Crippen molar-refractivity contribution < 1.29 is 4.79 Å². The molecule has 3 N–H and O–H groups in total. The molecule has 0 aliphatic heterocycles. The number of amides is 1. The highest BCUT2D eigenvalue weighted by Crippen LogP contribution is 2.26. The van der Waals surface area contributed by atoms with Crippen molar-refractivity contribution in [1.82, 2.24) is 9.97 Å². The molecule has 0 radical (unpaired) electrons. The lowest BCUT2D eigenvalue weighted by Gasteiger charge is -2.04. The van der Waals surface area contributed by atoms with Gasteiger partial charge in [0, 0.05) is 17.3 Å². The molecule has 5 nitrogen and oxygen atoms in total.